The summed E-state index contributed by atoms with van der Waals surface area (Å²) in [4.78, 5) is 19.5. The Morgan fingerprint density at radius 2 is 1.48 bits per heavy atom. The van der Waals surface area contributed by atoms with E-state index < -0.39 is 0 Å². The summed E-state index contributed by atoms with van der Waals surface area (Å²) >= 11 is 6.13. The Kier molecular flexibility index (Phi) is 6.59. The number of piperazine rings is 1. The lowest BCUT2D eigenvalue weighted by Gasteiger charge is -2.40. The molecule has 1 atom stereocenters. The van der Waals surface area contributed by atoms with E-state index in [9.17, 15) is 4.79 Å². The number of carbonyl (C=O) groups is 1. The van der Waals surface area contributed by atoms with Gasteiger partial charge in [-0.2, -0.15) is 0 Å². The SMILES string of the molecule is CN(C)c1cccc(C(=O)N2CCN(C(c3ccccc3)c3ccc(Cl)cc3)CC2)c1. The second-order valence-electron chi connectivity index (χ2n) is 8.14. The van der Waals surface area contributed by atoms with E-state index in [1.165, 1.54) is 11.1 Å². The van der Waals surface area contributed by atoms with Crippen LogP contribution in [-0.4, -0.2) is 56.0 Å². The molecule has 0 bridgehead atoms. The average molecular weight is 434 g/mol. The summed E-state index contributed by atoms with van der Waals surface area (Å²) in [7, 11) is 3.98. The molecule has 5 heteroatoms. The molecule has 0 N–H and O–H groups in total. The van der Waals surface area contributed by atoms with Gasteiger partial charge in [-0.25, -0.2) is 0 Å². The standard InChI is InChI=1S/C26H28ClN3O/c1-28(2)24-10-6-9-22(19-24)26(31)30-17-15-29(16-18-30)25(20-7-4-3-5-8-20)21-11-13-23(27)14-12-21/h3-14,19,25H,15-18H2,1-2H3. The summed E-state index contributed by atoms with van der Waals surface area (Å²) < 4.78 is 0. The molecule has 1 amide bonds. The molecule has 0 aliphatic carbocycles. The molecular formula is C26H28ClN3O. The summed E-state index contributed by atoms with van der Waals surface area (Å²) in [6.07, 6.45) is 0. The van der Waals surface area contributed by atoms with Crippen LogP contribution in [0.15, 0.2) is 78.9 Å². The molecule has 1 unspecified atom stereocenters. The van der Waals surface area contributed by atoms with Gasteiger partial charge in [0.05, 0.1) is 6.04 Å². The van der Waals surface area contributed by atoms with E-state index in [2.05, 4.69) is 41.3 Å². The zero-order valence-electron chi connectivity index (χ0n) is 18.0. The van der Waals surface area contributed by atoms with Crippen LogP contribution >= 0.6 is 11.6 Å². The van der Waals surface area contributed by atoms with Gasteiger partial charge >= 0.3 is 0 Å². The molecule has 160 valence electrons. The molecule has 1 heterocycles. The fraction of sp³-hybridized carbons (Fsp3) is 0.269. The summed E-state index contributed by atoms with van der Waals surface area (Å²) in [6.45, 7) is 3.06. The highest BCUT2D eigenvalue weighted by atomic mass is 35.5. The van der Waals surface area contributed by atoms with Gasteiger partial charge in [0, 0.05) is 56.5 Å². The Labute approximate surface area is 189 Å². The Bertz CT molecular complexity index is 1010. The van der Waals surface area contributed by atoms with Crippen LogP contribution < -0.4 is 4.90 Å². The summed E-state index contributed by atoms with van der Waals surface area (Å²) in [5.74, 6) is 0.103. The fourth-order valence-corrected chi connectivity index (χ4v) is 4.30. The molecule has 3 aromatic rings. The molecule has 0 aromatic heterocycles. The van der Waals surface area contributed by atoms with Crippen LogP contribution in [0.1, 0.15) is 27.5 Å². The van der Waals surface area contributed by atoms with Crippen molar-refractivity contribution in [2.75, 3.05) is 45.2 Å². The van der Waals surface area contributed by atoms with Crippen molar-refractivity contribution in [3.05, 3.63) is 101 Å². The topological polar surface area (TPSA) is 26.8 Å². The third-order valence-electron chi connectivity index (χ3n) is 5.88. The minimum Gasteiger partial charge on any atom is -0.378 e. The van der Waals surface area contributed by atoms with Gasteiger partial charge in [0.15, 0.2) is 0 Å². The molecule has 3 aromatic carbocycles. The third-order valence-corrected chi connectivity index (χ3v) is 6.13. The summed E-state index contributed by atoms with van der Waals surface area (Å²) in [5.41, 5.74) is 4.26. The minimum absolute atomic E-state index is 0.103. The number of amides is 1. The van der Waals surface area contributed by atoms with E-state index in [4.69, 9.17) is 11.6 Å². The molecule has 0 spiro atoms. The second kappa shape index (κ2) is 9.54. The number of nitrogens with zero attached hydrogens (tertiary/aromatic N) is 3. The highest BCUT2D eigenvalue weighted by Gasteiger charge is 2.28. The van der Waals surface area contributed by atoms with Crippen molar-refractivity contribution in [3.63, 3.8) is 0 Å². The molecule has 4 nitrogen and oxygen atoms in total. The average Bonchev–Trinajstić information content (AvgIpc) is 2.81. The van der Waals surface area contributed by atoms with Gasteiger partial charge < -0.3 is 9.80 Å². The molecule has 0 saturated carbocycles. The maximum absolute atomic E-state index is 13.1. The second-order valence-corrected chi connectivity index (χ2v) is 8.57. The number of benzene rings is 3. The zero-order valence-corrected chi connectivity index (χ0v) is 18.8. The van der Waals surface area contributed by atoms with Gasteiger partial charge in [0.25, 0.3) is 5.91 Å². The highest BCUT2D eigenvalue weighted by molar-refractivity contribution is 6.30. The molecule has 1 aliphatic heterocycles. The first kappa shape index (κ1) is 21.4. The normalized spacial score (nSPS) is 15.5. The van der Waals surface area contributed by atoms with Crippen molar-refractivity contribution >= 4 is 23.2 Å². The van der Waals surface area contributed by atoms with Crippen molar-refractivity contribution in [1.29, 1.82) is 0 Å². The molecule has 4 rings (SSSR count). The largest absolute Gasteiger partial charge is 0.378 e. The van der Waals surface area contributed by atoms with E-state index >= 15 is 0 Å². The van der Waals surface area contributed by atoms with Crippen LogP contribution in [0.3, 0.4) is 0 Å². The molecule has 31 heavy (non-hydrogen) atoms. The lowest BCUT2D eigenvalue weighted by Crippen LogP contribution is -2.49. The van der Waals surface area contributed by atoms with Gasteiger partial charge in [-0.3, -0.25) is 9.69 Å². The molecule has 1 saturated heterocycles. The van der Waals surface area contributed by atoms with Crippen molar-refractivity contribution < 1.29 is 4.79 Å². The Hall–Kier alpha value is -2.82. The first-order valence-electron chi connectivity index (χ1n) is 10.6. The molecule has 0 radical (unpaired) electrons. The van der Waals surface area contributed by atoms with E-state index in [-0.39, 0.29) is 11.9 Å². The van der Waals surface area contributed by atoms with Gasteiger partial charge in [0.1, 0.15) is 0 Å². The molecule has 1 aliphatic rings. The Morgan fingerprint density at radius 1 is 0.839 bits per heavy atom. The van der Waals surface area contributed by atoms with Gasteiger partial charge in [-0.05, 0) is 41.5 Å². The van der Waals surface area contributed by atoms with Crippen molar-refractivity contribution in [2.45, 2.75) is 6.04 Å². The van der Waals surface area contributed by atoms with Crippen molar-refractivity contribution in [2.24, 2.45) is 0 Å². The maximum Gasteiger partial charge on any atom is 0.254 e. The fourth-order valence-electron chi connectivity index (χ4n) is 4.18. The van der Waals surface area contributed by atoms with Crippen molar-refractivity contribution in [3.8, 4) is 0 Å². The summed E-state index contributed by atoms with van der Waals surface area (Å²) in [5, 5.41) is 0.742. The van der Waals surface area contributed by atoms with Crippen LogP contribution in [-0.2, 0) is 0 Å². The number of hydrogen-bond acceptors (Lipinski definition) is 3. The zero-order chi connectivity index (χ0) is 21.8. The van der Waals surface area contributed by atoms with Gasteiger partial charge in [0.2, 0.25) is 0 Å². The third kappa shape index (κ3) is 4.92. The predicted octanol–water partition coefficient (Wildman–Crippen LogP) is 4.95. The van der Waals surface area contributed by atoms with Crippen LogP contribution in [0.4, 0.5) is 5.69 Å². The molecule has 1 fully saturated rings. The number of halogens is 1. The van der Waals surface area contributed by atoms with E-state index in [0.29, 0.717) is 13.1 Å². The lowest BCUT2D eigenvalue weighted by molar-refractivity contribution is 0.0597. The van der Waals surface area contributed by atoms with Gasteiger partial charge in [-0.15, -0.1) is 0 Å². The Morgan fingerprint density at radius 3 is 2.13 bits per heavy atom. The van der Waals surface area contributed by atoms with Gasteiger partial charge in [-0.1, -0.05) is 60.1 Å². The quantitative estimate of drug-likeness (QED) is 0.569. The van der Waals surface area contributed by atoms with E-state index in [0.717, 1.165) is 29.4 Å². The predicted molar refractivity (Wildman–Crippen MR) is 128 cm³/mol. The lowest BCUT2D eigenvalue weighted by atomic mass is 9.96. The van der Waals surface area contributed by atoms with Crippen molar-refractivity contribution in [1.82, 2.24) is 9.80 Å². The number of anilines is 1. The number of hydrogen-bond donors (Lipinski definition) is 0. The first-order valence-corrected chi connectivity index (χ1v) is 11.0. The number of carbonyl (C=O) groups excluding carboxylic acids is 1. The van der Waals surface area contributed by atoms with E-state index in [1.807, 2.05) is 66.4 Å². The van der Waals surface area contributed by atoms with Crippen LogP contribution in [0, 0.1) is 0 Å². The Balaban J connectivity index is 1.51. The number of rotatable bonds is 5. The highest BCUT2D eigenvalue weighted by Crippen LogP contribution is 2.30. The minimum atomic E-state index is 0.103. The van der Waals surface area contributed by atoms with Crippen LogP contribution in [0.5, 0.6) is 0 Å². The summed E-state index contributed by atoms with van der Waals surface area (Å²) in [6, 6.07) is 26.6. The van der Waals surface area contributed by atoms with Crippen LogP contribution in [0.2, 0.25) is 5.02 Å². The first-order chi connectivity index (χ1) is 15.0. The smallest absolute Gasteiger partial charge is 0.254 e. The molecular weight excluding hydrogens is 406 g/mol. The van der Waals surface area contributed by atoms with E-state index in [1.54, 1.807) is 0 Å². The monoisotopic (exact) mass is 433 g/mol. The van der Waals surface area contributed by atoms with Crippen LogP contribution in [0.25, 0.3) is 0 Å². The maximum atomic E-state index is 13.1.